The van der Waals surface area contributed by atoms with Gasteiger partial charge in [-0.15, -0.1) is 11.3 Å². The van der Waals surface area contributed by atoms with Gasteiger partial charge in [-0.05, 0) is 47.9 Å². The van der Waals surface area contributed by atoms with Crippen molar-refractivity contribution in [3.63, 3.8) is 0 Å². The lowest BCUT2D eigenvalue weighted by Crippen LogP contribution is -2.42. The average Bonchev–Trinajstić information content (AvgIpc) is 2.99. The maximum atomic E-state index is 13.2. The van der Waals surface area contributed by atoms with Crippen LogP contribution in [0.15, 0.2) is 18.5 Å². The van der Waals surface area contributed by atoms with Gasteiger partial charge in [-0.2, -0.15) is 0 Å². The minimum atomic E-state index is -0.606. The Bertz CT molecular complexity index is 815. The van der Waals surface area contributed by atoms with Crippen LogP contribution < -0.4 is 0 Å². The van der Waals surface area contributed by atoms with Gasteiger partial charge in [-0.1, -0.05) is 0 Å². The van der Waals surface area contributed by atoms with E-state index in [9.17, 15) is 9.59 Å². The SMILES string of the molecule is Cc1nc(-c2ncccn2)sc1C(=O)N(CCN(C)C)CC(=O)OC(C)(C)C. The van der Waals surface area contributed by atoms with Gasteiger partial charge in [0.15, 0.2) is 10.8 Å². The molecule has 2 heterocycles. The van der Waals surface area contributed by atoms with Crippen molar-refractivity contribution in [3.05, 3.63) is 29.0 Å². The molecule has 28 heavy (non-hydrogen) atoms. The Hall–Kier alpha value is -2.39. The van der Waals surface area contributed by atoms with E-state index in [1.807, 2.05) is 19.0 Å². The summed E-state index contributed by atoms with van der Waals surface area (Å²) in [6, 6.07) is 1.72. The number of amides is 1. The van der Waals surface area contributed by atoms with Crippen LogP contribution in [0.2, 0.25) is 0 Å². The molecule has 0 saturated carbocycles. The van der Waals surface area contributed by atoms with E-state index in [0.29, 0.717) is 34.5 Å². The first-order valence-electron chi connectivity index (χ1n) is 8.97. The number of esters is 1. The van der Waals surface area contributed by atoms with Crippen LogP contribution in [-0.2, 0) is 9.53 Å². The van der Waals surface area contributed by atoms with Gasteiger partial charge in [0.2, 0.25) is 0 Å². The summed E-state index contributed by atoms with van der Waals surface area (Å²) >= 11 is 1.23. The van der Waals surface area contributed by atoms with Crippen molar-refractivity contribution < 1.29 is 14.3 Å². The smallest absolute Gasteiger partial charge is 0.326 e. The zero-order valence-electron chi connectivity index (χ0n) is 17.2. The van der Waals surface area contributed by atoms with Crippen molar-refractivity contribution >= 4 is 23.2 Å². The average molecular weight is 406 g/mol. The number of carbonyl (C=O) groups excluding carboxylic acids is 2. The maximum absolute atomic E-state index is 13.2. The van der Waals surface area contributed by atoms with E-state index in [1.165, 1.54) is 16.2 Å². The third-order valence-corrected chi connectivity index (χ3v) is 4.73. The Kier molecular flexibility index (Phi) is 7.20. The zero-order chi connectivity index (χ0) is 20.9. The van der Waals surface area contributed by atoms with Gasteiger partial charge in [0.05, 0.1) is 5.69 Å². The van der Waals surface area contributed by atoms with Crippen LogP contribution in [0.1, 0.15) is 36.1 Å². The second-order valence-corrected chi connectivity index (χ2v) is 8.62. The van der Waals surface area contributed by atoms with E-state index in [2.05, 4.69) is 15.0 Å². The van der Waals surface area contributed by atoms with Crippen LogP contribution in [0.5, 0.6) is 0 Å². The van der Waals surface area contributed by atoms with Crippen molar-refractivity contribution in [1.29, 1.82) is 0 Å². The molecule has 0 saturated heterocycles. The highest BCUT2D eigenvalue weighted by Crippen LogP contribution is 2.26. The molecule has 0 aliphatic heterocycles. The van der Waals surface area contributed by atoms with Crippen LogP contribution in [0.25, 0.3) is 10.8 Å². The second kappa shape index (κ2) is 9.20. The van der Waals surface area contributed by atoms with Gasteiger partial charge in [0.25, 0.3) is 5.91 Å². The largest absolute Gasteiger partial charge is 0.459 e. The Morgan fingerprint density at radius 3 is 2.36 bits per heavy atom. The number of nitrogens with zero attached hydrogens (tertiary/aromatic N) is 5. The van der Waals surface area contributed by atoms with Crippen LogP contribution in [-0.4, -0.2) is 76.0 Å². The lowest BCUT2D eigenvalue weighted by Gasteiger charge is -2.26. The number of rotatable bonds is 7. The minimum absolute atomic E-state index is 0.113. The summed E-state index contributed by atoms with van der Waals surface area (Å²) in [5.74, 6) is -0.208. The molecule has 0 atom stereocenters. The summed E-state index contributed by atoms with van der Waals surface area (Å²) in [5, 5.41) is 0.575. The lowest BCUT2D eigenvalue weighted by atomic mass is 10.2. The fraction of sp³-hybridized carbons (Fsp3) is 0.526. The summed E-state index contributed by atoms with van der Waals surface area (Å²) in [6.07, 6.45) is 3.26. The molecule has 0 N–H and O–H groups in total. The predicted octanol–water partition coefficient (Wildman–Crippen LogP) is 2.25. The summed E-state index contributed by atoms with van der Waals surface area (Å²) < 4.78 is 5.39. The minimum Gasteiger partial charge on any atom is -0.459 e. The van der Waals surface area contributed by atoms with Gasteiger partial charge in [0, 0.05) is 25.5 Å². The molecule has 152 valence electrons. The van der Waals surface area contributed by atoms with E-state index in [0.717, 1.165) is 0 Å². The number of hydrogen-bond acceptors (Lipinski definition) is 8. The molecule has 9 heteroatoms. The van der Waals surface area contributed by atoms with E-state index >= 15 is 0 Å². The maximum Gasteiger partial charge on any atom is 0.326 e. The van der Waals surface area contributed by atoms with Crippen LogP contribution in [0.4, 0.5) is 0 Å². The first-order valence-corrected chi connectivity index (χ1v) is 9.79. The van der Waals surface area contributed by atoms with Crippen LogP contribution >= 0.6 is 11.3 Å². The zero-order valence-corrected chi connectivity index (χ0v) is 18.0. The van der Waals surface area contributed by atoms with Gasteiger partial charge in [0.1, 0.15) is 17.0 Å². The molecule has 2 aromatic rings. The van der Waals surface area contributed by atoms with E-state index < -0.39 is 11.6 Å². The Morgan fingerprint density at radius 2 is 1.79 bits per heavy atom. The molecule has 0 radical (unpaired) electrons. The number of ether oxygens (including phenoxy) is 1. The van der Waals surface area contributed by atoms with Crippen LogP contribution in [0.3, 0.4) is 0 Å². The molecule has 2 aromatic heterocycles. The number of hydrogen-bond donors (Lipinski definition) is 0. The van der Waals surface area contributed by atoms with Gasteiger partial charge in [-0.3, -0.25) is 9.59 Å². The monoisotopic (exact) mass is 405 g/mol. The van der Waals surface area contributed by atoms with Crippen molar-refractivity contribution in [2.75, 3.05) is 33.7 Å². The molecule has 8 nitrogen and oxygen atoms in total. The van der Waals surface area contributed by atoms with Crippen molar-refractivity contribution in [3.8, 4) is 10.8 Å². The second-order valence-electron chi connectivity index (χ2n) is 7.62. The molecule has 0 aliphatic carbocycles. The highest BCUT2D eigenvalue weighted by atomic mass is 32.1. The summed E-state index contributed by atoms with van der Waals surface area (Å²) in [7, 11) is 3.83. The third-order valence-electron chi connectivity index (χ3n) is 3.59. The topological polar surface area (TPSA) is 88.5 Å². The lowest BCUT2D eigenvalue weighted by molar-refractivity contribution is -0.155. The summed E-state index contributed by atoms with van der Waals surface area (Å²) in [4.78, 5) is 42.2. The predicted molar refractivity (Wildman–Crippen MR) is 108 cm³/mol. The molecule has 0 aliphatic rings. The Morgan fingerprint density at radius 1 is 1.14 bits per heavy atom. The van der Waals surface area contributed by atoms with E-state index in [-0.39, 0.29) is 12.5 Å². The molecule has 0 fully saturated rings. The van der Waals surface area contributed by atoms with Gasteiger partial charge in [-0.25, -0.2) is 15.0 Å². The highest BCUT2D eigenvalue weighted by Gasteiger charge is 2.26. The number of likely N-dealkylation sites (N-methyl/N-ethyl adjacent to an activating group) is 1. The number of aromatic nitrogens is 3. The Labute approximate surface area is 169 Å². The van der Waals surface area contributed by atoms with E-state index in [1.54, 1.807) is 46.2 Å². The quantitative estimate of drug-likeness (QED) is 0.653. The molecular formula is C19H27N5O3S. The third kappa shape index (κ3) is 6.35. The van der Waals surface area contributed by atoms with Crippen molar-refractivity contribution in [2.45, 2.75) is 33.3 Å². The van der Waals surface area contributed by atoms with Crippen molar-refractivity contribution in [2.24, 2.45) is 0 Å². The van der Waals surface area contributed by atoms with Crippen molar-refractivity contribution in [1.82, 2.24) is 24.8 Å². The number of aryl methyl sites for hydroxylation is 1. The first kappa shape index (κ1) is 21.9. The summed E-state index contributed by atoms with van der Waals surface area (Å²) in [5.41, 5.74) is -0.0116. The standard InChI is InChI=1S/C19H27N5O3S/c1-13-15(28-17(22-13)16-20-8-7-9-21-16)18(26)24(11-10-23(5)6)12-14(25)27-19(2,3)4/h7-9H,10-12H2,1-6H3. The van der Waals surface area contributed by atoms with Crippen LogP contribution in [0, 0.1) is 6.92 Å². The molecular weight excluding hydrogens is 378 g/mol. The molecule has 0 aromatic carbocycles. The Balaban J connectivity index is 2.23. The number of thiazole rings is 1. The normalized spacial score (nSPS) is 11.5. The summed E-state index contributed by atoms with van der Waals surface area (Å²) in [6.45, 7) is 8.09. The molecule has 1 amide bonds. The first-order chi connectivity index (χ1) is 13.1. The highest BCUT2D eigenvalue weighted by molar-refractivity contribution is 7.17. The number of carbonyl (C=O) groups is 2. The van der Waals surface area contributed by atoms with Gasteiger partial charge < -0.3 is 14.5 Å². The fourth-order valence-corrected chi connectivity index (χ4v) is 3.33. The molecule has 0 unspecified atom stereocenters. The fourth-order valence-electron chi connectivity index (χ4n) is 2.35. The van der Waals surface area contributed by atoms with E-state index in [4.69, 9.17) is 4.74 Å². The molecule has 0 bridgehead atoms. The molecule has 2 rings (SSSR count). The van der Waals surface area contributed by atoms with Gasteiger partial charge >= 0.3 is 5.97 Å². The molecule has 0 spiro atoms.